The van der Waals surface area contributed by atoms with Crippen molar-refractivity contribution in [1.29, 1.82) is 0 Å². The van der Waals surface area contributed by atoms with Crippen molar-refractivity contribution in [3.63, 3.8) is 0 Å². The van der Waals surface area contributed by atoms with Gasteiger partial charge >= 0.3 is 17.7 Å². The molecule has 8 heterocycles. The Morgan fingerprint density at radius 1 is 0.764 bits per heavy atom. The molecule has 4 aliphatic heterocycles. The van der Waals surface area contributed by atoms with E-state index in [1.165, 1.54) is 16.4 Å². The predicted octanol–water partition coefficient (Wildman–Crippen LogP) is 6.18. The van der Waals surface area contributed by atoms with E-state index in [1.54, 1.807) is 41.5 Å². The summed E-state index contributed by atoms with van der Waals surface area (Å²) in [5.41, 5.74) is 7.73. The molecular weight excluding hydrogens is 918 g/mol. The van der Waals surface area contributed by atoms with E-state index in [2.05, 4.69) is 36.2 Å². The van der Waals surface area contributed by atoms with E-state index in [9.17, 15) is 19.2 Å². The van der Waals surface area contributed by atoms with Crippen molar-refractivity contribution in [3.05, 3.63) is 119 Å². The monoisotopic (exact) mass is 973 g/mol. The van der Waals surface area contributed by atoms with Gasteiger partial charge in [-0.2, -0.15) is 5.10 Å². The second-order valence-electron chi connectivity index (χ2n) is 19.2. The van der Waals surface area contributed by atoms with Gasteiger partial charge in [-0.15, -0.1) is 5.10 Å². The molecule has 0 aliphatic carbocycles. The molecule has 0 bridgehead atoms. The van der Waals surface area contributed by atoms with Crippen LogP contribution in [-0.4, -0.2) is 122 Å². The molecule has 2 atom stereocenters. The van der Waals surface area contributed by atoms with Gasteiger partial charge in [0.1, 0.15) is 11.6 Å². The second-order valence-corrected chi connectivity index (χ2v) is 19.2. The van der Waals surface area contributed by atoms with Crippen LogP contribution in [0.2, 0.25) is 0 Å². The molecule has 3 aromatic carbocycles. The highest BCUT2D eigenvalue weighted by atomic mass is 19.1. The molecule has 4 aromatic heterocycles. The van der Waals surface area contributed by atoms with Crippen LogP contribution in [-0.2, 0) is 23.7 Å². The number of hydrogen-bond acceptors (Lipinski definition) is 12. The molecule has 7 aromatic rings. The quantitative estimate of drug-likeness (QED) is 0.155. The number of amides is 4. The van der Waals surface area contributed by atoms with Gasteiger partial charge in [0, 0.05) is 90.2 Å². The number of nitrogens with one attached hydrogen (secondary N) is 1. The van der Waals surface area contributed by atoms with Crippen LogP contribution in [0.5, 0.6) is 6.01 Å². The van der Waals surface area contributed by atoms with Crippen molar-refractivity contribution >= 4 is 51.6 Å². The molecule has 19 heteroatoms. The standard InChI is InChI=1S/C53H56FN13O5/c1-32-31-65(53(71)66(32)37-8-7-20-55-30-37)49-33(2)38(17-21-56-49)39-13-12-36(67-51(72-5)59-61(4)52(67)70)29-42(39)34-11-15-44(43(54)28-34)63-22-18-35(19-23-63)62-24-26-64(27-25-62)45-10-6-9-40-47(58-60(3)48(40)45)41-14-16-46(68)57-50(41)69/h6-13,15,17,20-21,28-30,32,35,41H,14,16,18-19,22-27,31H2,1-5H3,(H,57,68,69)/t32-,41?/m0/s1. The van der Waals surface area contributed by atoms with Crippen LogP contribution < -0.4 is 35.3 Å². The Morgan fingerprint density at radius 3 is 2.29 bits per heavy atom. The zero-order valence-corrected chi connectivity index (χ0v) is 41.0. The number of hydrogen-bond donors (Lipinski definition) is 1. The summed E-state index contributed by atoms with van der Waals surface area (Å²) in [5, 5.41) is 12.5. The molecule has 4 aliphatic rings. The summed E-state index contributed by atoms with van der Waals surface area (Å²) in [6.45, 7) is 9.19. The summed E-state index contributed by atoms with van der Waals surface area (Å²) < 4.78 is 26.7. The van der Waals surface area contributed by atoms with Crippen molar-refractivity contribution in [2.75, 3.05) is 72.5 Å². The first kappa shape index (κ1) is 46.5. The van der Waals surface area contributed by atoms with Crippen LogP contribution in [0.4, 0.5) is 32.1 Å². The van der Waals surface area contributed by atoms with Crippen LogP contribution in [0.1, 0.15) is 49.8 Å². The van der Waals surface area contributed by atoms with E-state index >= 15 is 4.39 Å². The number of nitrogens with zero attached hydrogens (tertiary/aromatic N) is 12. The number of methoxy groups -OCH3 is 1. The number of carbonyl (C=O) groups is 3. The molecule has 4 amide bonds. The van der Waals surface area contributed by atoms with Crippen LogP contribution >= 0.6 is 0 Å². The lowest BCUT2D eigenvalue weighted by Gasteiger charge is -2.44. The summed E-state index contributed by atoms with van der Waals surface area (Å²) in [5.74, 6) is -0.817. The third-order valence-electron chi connectivity index (χ3n) is 15.0. The number of fused-ring (bicyclic) bond motifs is 1. The van der Waals surface area contributed by atoms with Gasteiger partial charge in [-0.1, -0.05) is 24.3 Å². The molecular formula is C53H56FN13O5. The number of pyridine rings is 2. The van der Waals surface area contributed by atoms with Crippen LogP contribution in [0.25, 0.3) is 38.8 Å². The number of carbonyl (C=O) groups excluding carboxylic acids is 3. The van der Waals surface area contributed by atoms with Crippen LogP contribution in [0.3, 0.4) is 0 Å². The van der Waals surface area contributed by atoms with E-state index < -0.39 is 11.6 Å². The number of halogens is 1. The molecule has 4 saturated heterocycles. The van der Waals surface area contributed by atoms with Gasteiger partial charge in [-0.3, -0.25) is 39.3 Å². The lowest BCUT2D eigenvalue weighted by atomic mass is 9.91. The Kier molecular flexibility index (Phi) is 12.0. The highest BCUT2D eigenvalue weighted by molar-refractivity contribution is 6.07. The van der Waals surface area contributed by atoms with E-state index in [4.69, 9.17) is 14.8 Å². The third-order valence-corrected chi connectivity index (χ3v) is 15.0. The Balaban J connectivity index is 0.821. The minimum absolute atomic E-state index is 0.111. The smallest absolute Gasteiger partial charge is 0.353 e. The number of piperazine rings is 1. The Labute approximate surface area is 415 Å². The first-order valence-electron chi connectivity index (χ1n) is 24.5. The minimum Gasteiger partial charge on any atom is -0.467 e. The minimum atomic E-state index is -0.459. The van der Waals surface area contributed by atoms with Crippen LogP contribution in [0.15, 0.2) is 96.2 Å². The topological polar surface area (TPSA) is 172 Å². The average Bonchev–Trinajstić information content (AvgIpc) is 4.00. The summed E-state index contributed by atoms with van der Waals surface area (Å²) in [6.07, 6.45) is 7.58. The van der Waals surface area contributed by atoms with Gasteiger partial charge in [0.25, 0.3) is 0 Å². The van der Waals surface area contributed by atoms with Gasteiger partial charge in [0.15, 0.2) is 0 Å². The summed E-state index contributed by atoms with van der Waals surface area (Å²) in [7, 11) is 4.93. The lowest BCUT2D eigenvalue weighted by molar-refractivity contribution is -0.134. The first-order valence-corrected chi connectivity index (χ1v) is 24.5. The van der Waals surface area contributed by atoms with Crippen LogP contribution in [0, 0.1) is 12.7 Å². The Hall–Kier alpha value is -7.93. The SMILES string of the molecule is COc1nn(C)c(=O)n1-c1ccc(-c2ccnc(N3C[C@H](C)N(c4cccnc4)C3=O)c2C)c(-c2ccc(N3CCC(N4CCN(c5cccc6c(C7CCC(=O)NC7=O)nn(C)c56)CC4)CC3)c(F)c2)c1. The Bertz CT molecular complexity index is 3320. The van der Waals surface area contributed by atoms with E-state index in [1.807, 2.05) is 86.2 Å². The maximum atomic E-state index is 16.8. The normalized spacial score (nSPS) is 19.2. The molecule has 0 saturated carbocycles. The van der Waals surface area contributed by atoms with Gasteiger partial charge < -0.3 is 14.5 Å². The fourth-order valence-corrected chi connectivity index (χ4v) is 11.4. The third kappa shape index (κ3) is 8.10. The number of para-hydroxylation sites is 1. The number of benzene rings is 3. The van der Waals surface area contributed by atoms with Gasteiger partial charge in [0.2, 0.25) is 11.8 Å². The molecule has 0 radical (unpaired) electrons. The molecule has 0 spiro atoms. The number of anilines is 4. The van der Waals surface area contributed by atoms with Gasteiger partial charge in [0.05, 0.1) is 59.2 Å². The summed E-state index contributed by atoms with van der Waals surface area (Å²) in [4.78, 5) is 71.6. The number of rotatable bonds is 10. The lowest BCUT2D eigenvalue weighted by Crippen LogP contribution is -2.53. The second kappa shape index (κ2) is 18.7. The fraction of sp³-hybridized carbons (Fsp3) is 0.358. The number of aryl methyl sites for hydroxylation is 2. The number of piperidine rings is 2. The van der Waals surface area contributed by atoms with E-state index in [0.717, 1.165) is 72.3 Å². The van der Waals surface area contributed by atoms with Crippen molar-refractivity contribution in [1.82, 2.24) is 44.3 Å². The number of ether oxygens (including phenoxy) is 1. The molecule has 11 rings (SSSR count). The van der Waals surface area contributed by atoms with E-state index in [0.29, 0.717) is 78.2 Å². The maximum absolute atomic E-state index is 16.8. The number of imide groups is 1. The molecule has 1 unspecified atom stereocenters. The largest absolute Gasteiger partial charge is 0.467 e. The maximum Gasteiger partial charge on any atom is 0.353 e. The molecule has 1 N–H and O–H groups in total. The molecule has 370 valence electrons. The average molecular weight is 974 g/mol. The van der Waals surface area contributed by atoms with Crippen molar-refractivity contribution < 1.29 is 23.5 Å². The zero-order valence-electron chi connectivity index (χ0n) is 41.0. The highest BCUT2D eigenvalue weighted by Crippen LogP contribution is 2.41. The Morgan fingerprint density at radius 2 is 1.56 bits per heavy atom. The van der Waals surface area contributed by atoms with Crippen molar-refractivity contribution in [3.8, 4) is 34.0 Å². The van der Waals surface area contributed by atoms with Crippen molar-refractivity contribution in [2.45, 2.75) is 57.5 Å². The van der Waals surface area contributed by atoms with E-state index in [-0.39, 0.29) is 35.7 Å². The molecule has 4 fully saturated rings. The predicted molar refractivity (Wildman–Crippen MR) is 272 cm³/mol. The fourth-order valence-electron chi connectivity index (χ4n) is 11.4. The summed E-state index contributed by atoms with van der Waals surface area (Å²) >= 11 is 0. The zero-order chi connectivity index (χ0) is 49.9. The number of urea groups is 1. The van der Waals surface area contributed by atoms with Crippen molar-refractivity contribution in [2.24, 2.45) is 14.1 Å². The first-order chi connectivity index (χ1) is 34.9. The molecule has 72 heavy (non-hydrogen) atoms. The van der Waals surface area contributed by atoms with Gasteiger partial charge in [-0.25, -0.2) is 28.2 Å². The number of aromatic nitrogens is 7. The van der Waals surface area contributed by atoms with Gasteiger partial charge in [-0.05, 0) is 109 Å². The summed E-state index contributed by atoms with van der Waals surface area (Å²) in [6, 6.07) is 22.8. The highest BCUT2D eigenvalue weighted by Gasteiger charge is 2.39. The molecule has 18 nitrogen and oxygen atoms in total.